The molecule has 0 aliphatic carbocycles. The largest absolute Gasteiger partial charge is 0.407 e. The van der Waals surface area contributed by atoms with E-state index in [1.807, 2.05) is 0 Å². The fourth-order valence-corrected chi connectivity index (χ4v) is 1.82. The van der Waals surface area contributed by atoms with Crippen LogP contribution in [0.1, 0.15) is 12.0 Å². The van der Waals surface area contributed by atoms with E-state index in [9.17, 15) is 26.3 Å². The molecule has 0 radical (unpaired) electrons. The van der Waals surface area contributed by atoms with Gasteiger partial charge in [-0.3, -0.25) is 0 Å². The summed E-state index contributed by atoms with van der Waals surface area (Å²) in [5.41, 5.74) is -2.26. The van der Waals surface area contributed by atoms with Gasteiger partial charge in [-0.15, -0.1) is 0 Å². The van der Waals surface area contributed by atoms with E-state index in [-0.39, 0.29) is 25.3 Å². The standard InChI is InChI=1S/C13H12F6N2O/c1-20-11-4-3-9(7-10(11)13(17,18)19)21(5-2-6-22)8-12(14,15)16/h3-4,7,22H,2,5-6,8H2. The van der Waals surface area contributed by atoms with Gasteiger partial charge in [0.2, 0.25) is 0 Å². The second-order valence-corrected chi connectivity index (χ2v) is 4.42. The number of aliphatic hydroxyl groups is 1. The number of hydrogen-bond donors (Lipinski definition) is 1. The lowest BCUT2D eigenvalue weighted by atomic mass is 10.1. The average Bonchev–Trinajstić information content (AvgIpc) is 2.40. The van der Waals surface area contributed by atoms with Crippen molar-refractivity contribution in [3.63, 3.8) is 0 Å². The van der Waals surface area contributed by atoms with Gasteiger partial charge in [-0.05, 0) is 18.6 Å². The Morgan fingerprint density at radius 1 is 1.14 bits per heavy atom. The van der Waals surface area contributed by atoms with Gasteiger partial charge in [-0.2, -0.15) is 26.3 Å². The molecule has 0 spiro atoms. The lowest BCUT2D eigenvalue weighted by Crippen LogP contribution is -2.35. The third-order valence-electron chi connectivity index (χ3n) is 2.73. The first-order valence-electron chi connectivity index (χ1n) is 6.09. The van der Waals surface area contributed by atoms with Crippen LogP contribution in [0, 0.1) is 6.57 Å². The Morgan fingerprint density at radius 3 is 2.23 bits per heavy atom. The van der Waals surface area contributed by atoms with E-state index in [1.54, 1.807) is 0 Å². The first-order valence-corrected chi connectivity index (χ1v) is 6.09. The van der Waals surface area contributed by atoms with Crippen molar-refractivity contribution in [1.29, 1.82) is 0 Å². The minimum atomic E-state index is -4.84. The molecule has 122 valence electrons. The Morgan fingerprint density at radius 2 is 1.77 bits per heavy atom. The van der Waals surface area contributed by atoms with Crippen molar-refractivity contribution >= 4 is 11.4 Å². The lowest BCUT2D eigenvalue weighted by Gasteiger charge is -2.26. The van der Waals surface area contributed by atoms with Gasteiger partial charge < -0.3 is 10.0 Å². The molecule has 1 aromatic rings. The minimum absolute atomic E-state index is 0.0258. The maximum absolute atomic E-state index is 12.8. The number of halogens is 6. The number of anilines is 1. The second-order valence-electron chi connectivity index (χ2n) is 4.42. The van der Waals surface area contributed by atoms with Gasteiger partial charge in [0.05, 0.1) is 12.1 Å². The quantitative estimate of drug-likeness (QED) is 0.654. The van der Waals surface area contributed by atoms with Gasteiger partial charge in [0, 0.05) is 18.8 Å². The van der Waals surface area contributed by atoms with Crippen molar-refractivity contribution in [2.45, 2.75) is 18.8 Å². The number of nitrogens with zero attached hydrogens (tertiary/aromatic N) is 2. The highest BCUT2D eigenvalue weighted by molar-refractivity contribution is 5.62. The first-order chi connectivity index (χ1) is 10.1. The van der Waals surface area contributed by atoms with Crippen LogP contribution in [0.25, 0.3) is 4.85 Å². The van der Waals surface area contributed by atoms with Gasteiger partial charge in [0.25, 0.3) is 0 Å². The third-order valence-corrected chi connectivity index (χ3v) is 2.73. The van der Waals surface area contributed by atoms with Crippen molar-refractivity contribution in [1.82, 2.24) is 0 Å². The summed E-state index contributed by atoms with van der Waals surface area (Å²) in [5.74, 6) is 0. The van der Waals surface area contributed by atoms with E-state index in [1.165, 1.54) is 0 Å². The minimum Gasteiger partial charge on any atom is -0.396 e. The smallest absolute Gasteiger partial charge is 0.396 e. The molecule has 0 aromatic heterocycles. The van der Waals surface area contributed by atoms with Crippen LogP contribution in [0.4, 0.5) is 37.7 Å². The van der Waals surface area contributed by atoms with Crippen molar-refractivity contribution in [3.8, 4) is 0 Å². The SMILES string of the molecule is [C-]#[N+]c1ccc(N(CCCO)CC(F)(F)F)cc1C(F)(F)F. The summed E-state index contributed by atoms with van der Waals surface area (Å²) in [4.78, 5) is 3.42. The normalized spacial score (nSPS) is 12.1. The molecule has 3 nitrogen and oxygen atoms in total. The highest BCUT2D eigenvalue weighted by atomic mass is 19.4. The van der Waals surface area contributed by atoms with Crippen molar-refractivity contribution in [2.75, 3.05) is 24.6 Å². The lowest BCUT2D eigenvalue weighted by molar-refractivity contribution is -0.136. The van der Waals surface area contributed by atoms with Gasteiger partial charge in [0.15, 0.2) is 5.69 Å². The van der Waals surface area contributed by atoms with E-state index in [0.29, 0.717) is 11.0 Å². The molecule has 1 rings (SSSR count). The Balaban J connectivity index is 3.22. The molecule has 0 atom stereocenters. The van der Waals surface area contributed by atoms with Crippen LogP contribution in [0.5, 0.6) is 0 Å². The second kappa shape index (κ2) is 6.87. The van der Waals surface area contributed by atoms with Gasteiger partial charge >= 0.3 is 12.4 Å². The molecule has 1 aromatic carbocycles. The van der Waals surface area contributed by atoms with Crippen molar-refractivity contribution < 1.29 is 31.4 Å². The molecule has 0 bridgehead atoms. The fraction of sp³-hybridized carbons (Fsp3) is 0.462. The molecule has 22 heavy (non-hydrogen) atoms. The Kier molecular flexibility index (Phi) is 5.65. The molecule has 0 unspecified atom stereocenters. The number of alkyl halides is 6. The zero-order chi connectivity index (χ0) is 17.0. The van der Waals surface area contributed by atoms with Crippen LogP contribution < -0.4 is 4.90 Å². The summed E-state index contributed by atoms with van der Waals surface area (Å²) in [6, 6.07) is 2.40. The number of aliphatic hydroxyl groups excluding tert-OH is 1. The molecular formula is C13H12F6N2O. The van der Waals surface area contributed by atoms with Crippen LogP contribution >= 0.6 is 0 Å². The molecule has 0 heterocycles. The number of rotatable bonds is 5. The molecule has 0 aliphatic rings. The van der Waals surface area contributed by atoms with Crippen LogP contribution in [0.2, 0.25) is 0 Å². The van der Waals surface area contributed by atoms with Crippen LogP contribution in [-0.4, -0.2) is 31.0 Å². The van der Waals surface area contributed by atoms with Crippen LogP contribution in [0.3, 0.4) is 0 Å². The Bertz CT molecular complexity index is 547. The third kappa shape index (κ3) is 5.11. The van der Waals surface area contributed by atoms with E-state index in [4.69, 9.17) is 11.7 Å². The summed E-state index contributed by atoms with van der Waals surface area (Å²) in [6.45, 7) is 4.61. The van der Waals surface area contributed by atoms with E-state index in [2.05, 4.69) is 4.85 Å². The van der Waals surface area contributed by atoms with Gasteiger partial charge in [-0.25, -0.2) is 4.85 Å². The molecule has 0 amide bonds. The Labute approximate surface area is 122 Å². The summed E-state index contributed by atoms with van der Waals surface area (Å²) in [7, 11) is 0. The van der Waals surface area contributed by atoms with Gasteiger partial charge in [0.1, 0.15) is 6.54 Å². The maximum atomic E-state index is 12.8. The van der Waals surface area contributed by atoms with E-state index >= 15 is 0 Å². The molecule has 0 saturated heterocycles. The molecule has 0 aliphatic heterocycles. The fourth-order valence-electron chi connectivity index (χ4n) is 1.82. The predicted molar refractivity (Wildman–Crippen MR) is 67.7 cm³/mol. The van der Waals surface area contributed by atoms with E-state index in [0.717, 1.165) is 12.1 Å². The molecule has 1 N–H and O–H groups in total. The molecule has 0 fully saturated rings. The monoisotopic (exact) mass is 326 g/mol. The summed E-state index contributed by atoms with van der Waals surface area (Å²) < 4.78 is 76.1. The topological polar surface area (TPSA) is 27.8 Å². The molecular weight excluding hydrogens is 314 g/mol. The first kappa shape index (κ1) is 18.1. The Hall–Kier alpha value is -1.95. The highest BCUT2D eigenvalue weighted by Gasteiger charge is 2.35. The molecule has 9 heteroatoms. The van der Waals surface area contributed by atoms with E-state index < -0.39 is 30.1 Å². The van der Waals surface area contributed by atoms with Crippen molar-refractivity contribution in [2.24, 2.45) is 0 Å². The summed E-state index contributed by atoms with van der Waals surface area (Å²) in [6.07, 6.45) is -9.47. The molecule has 0 saturated carbocycles. The zero-order valence-corrected chi connectivity index (χ0v) is 11.2. The number of benzene rings is 1. The summed E-state index contributed by atoms with van der Waals surface area (Å²) in [5, 5.41) is 8.70. The zero-order valence-electron chi connectivity index (χ0n) is 11.2. The highest BCUT2D eigenvalue weighted by Crippen LogP contribution is 2.39. The summed E-state index contributed by atoms with van der Waals surface area (Å²) >= 11 is 0. The van der Waals surface area contributed by atoms with Crippen molar-refractivity contribution in [3.05, 3.63) is 35.2 Å². The predicted octanol–water partition coefficient (Wildman–Crippen LogP) is 4.01. The number of hydrogen-bond acceptors (Lipinski definition) is 2. The maximum Gasteiger partial charge on any atom is 0.407 e. The van der Waals surface area contributed by atoms with Gasteiger partial charge in [-0.1, -0.05) is 6.07 Å². The average molecular weight is 326 g/mol. The van der Waals surface area contributed by atoms with Crippen LogP contribution in [-0.2, 0) is 6.18 Å². The van der Waals surface area contributed by atoms with Crippen LogP contribution in [0.15, 0.2) is 18.2 Å².